The summed E-state index contributed by atoms with van der Waals surface area (Å²) in [6.45, 7) is 10.9. The summed E-state index contributed by atoms with van der Waals surface area (Å²) in [7, 11) is 0. The van der Waals surface area contributed by atoms with Gasteiger partial charge in [-0.05, 0) is 71.2 Å². The summed E-state index contributed by atoms with van der Waals surface area (Å²) < 4.78 is 16.8. The van der Waals surface area contributed by atoms with Gasteiger partial charge in [-0.3, -0.25) is 9.69 Å². The van der Waals surface area contributed by atoms with Crippen LogP contribution in [0, 0.1) is 0 Å². The van der Waals surface area contributed by atoms with E-state index in [1.807, 2.05) is 75.4 Å². The summed E-state index contributed by atoms with van der Waals surface area (Å²) >= 11 is 0. The summed E-state index contributed by atoms with van der Waals surface area (Å²) in [5.74, 6) is 0.311. The molecule has 0 radical (unpaired) electrons. The van der Waals surface area contributed by atoms with Crippen LogP contribution in [0.15, 0.2) is 54.6 Å². The van der Waals surface area contributed by atoms with Crippen LogP contribution in [0.1, 0.15) is 48.0 Å². The molecule has 0 aromatic heterocycles. The Morgan fingerprint density at radius 1 is 0.868 bits per heavy atom. The number of carbonyl (C=O) groups excluding carboxylic acids is 3. The van der Waals surface area contributed by atoms with Gasteiger partial charge in [-0.15, -0.1) is 0 Å². The Kier molecular flexibility index (Phi) is 9.25. The number of nitrogens with zero attached hydrogens (tertiary/aromatic N) is 1. The van der Waals surface area contributed by atoms with Crippen LogP contribution in [0.2, 0.25) is 0 Å². The van der Waals surface area contributed by atoms with Crippen LogP contribution >= 0.6 is 0 Å². The Morgan fingerprint density at radius 2 is 1.47 bits per heavy atom. The number of hydrogen-bond acceptors (Lipinski definition) is 6. The first kappa shape index (κ1) is 28.8. The lowest BCUT2D eigenvalue weighted by atomic mass is 10.1. The highest BCUT2D eigenvalue weighted by Crippen LogP contribution is 2.25. The Hall–Kier alpha value is -3.75. The van der Waals surface area contributed by atoms with Crippen molar-refractivity contribution in [3.63, 3.8) is 0 Å². The molecular weight excluding hydrogens is 486 g/mol. The molecule has 1 aliphatic heterocycles. The number of alkyl carbamates (subject to hydrolysis) is 1. The van der Waals surface area contributed by atoms with Crippen LogP contribution in [0.25, 0.3) is 11.1 Å². The van der Waals surface area contributed by atoms with Crippen LogP contribution in [0.3, 0.4) is 0 Å². The van der Waals surface area contributed by atoms with E-state index in [0.29, 0.717) is 12.2 Å². The van der Waals surface area contributed by atoms with Gasteiger partial charge in [0.05, 0.1) is 6.04 Å². The minimum atomic E-state index is -0.668. The number of nitrogens with one attached hydrogen (secondary N) is 2. The fraction of sp³-hybridized carbons (Fsp3) is 0.483. The summed E-state index contributed by atoms with van der Waals surface area (Å²) in [5, 5.41) is 5.33. The molecule has 9 heteroatoms. The van der Waals surface area contributed by atoms with Crippen molar-refractivity contribution in [1.82, 2.24) is 15.5 Å². The highest BCUT2D eigenvalue weighted by atomic mass is 16.6. The molecule has 3 amide bonds. The Bertz CT molecular complexity index is 1090. The largest absolute Gasteiger partial charge is 0.491 e. The second-order valence-electron chi connectivity index (χ2n) is 11.3. The molecule has 0 spiro atoms. The standard InChI is InChI=1S/C29H39N3O6/c1-28(2,3)37-26(34)30-17-25(33)31-22-16-23(32(18-22)27(35)38-29(4,5)6)19-36-24-14-12-21(13-15-24)20-10-8-7-9-11-20/h7-15,22-23H,16-19H2,1-6H3,(H,30,34)(H,31,33)/t22-,23+/m1/s1. The van der Waals surface area contributed by atoms with Crippen molar-refractivity contribution >= 4 is 18.1 Å². The number of hydrogen-bond donors (Lipinski definition) is 2. The molecule has 2 N–H and O–H groups in total. The maximum atomic E-state index is 12.9. The number of likely N-dealkylation sites (tertiary alicyclic amines) is 1. The summed E-state index contributed by atoms with van der Waals surface area (Å²) in [4.78, 5) is 38.8. The fourth-order valence-electron chi connectivity index (χ4n) is 4.04. The zero-order chi connectivity index (χ0) is 27.9. The van der Waals surface area contributed by atoms with Crippen molar-refractivity contribution in [2.45, 2.75) is 71.2 Å². The molecule has 1 heterocycles. The van der Waals surface area contributed by atoms with Crippen LogP contribution in [0.4, 0.5) is 9.59 Å². The first-order valence-corrected chi connectivity index (χ1v) is 12.8. The second kappa shape index (κ2) is 12.2. The summed E-state index contributed by atoms with van der Waals surface area (Å²) in [6, 6.07) is 17.2. The van der Waals surface area contributed by atoms with E-state index >= 15 is 0 Å². The average molecular weight is 526 g/mol. The maximum absolute atomic E-state index is 12.9. The van der Waals surface area contributed by atoms with Crippen LogP contribution in [-0.2, 0) is 14.3 Å². The maximum Gasteiger partial charge on any atom is 0.410 e. The van der Waals surface area contributed by atoms with Gasteiger partial charge in [0.1, 0.15) is 30.1 Å². The second-order valence-corrected chi connectivity index (χ2v) is 11.3. The third-order valence-electron chi connectivity index (χ3n) is 5.60. The van der Waals surface area contributed by atoms with E-state index in [1.165, 1.54) is 0 Å². The van der Waals surface area contributed by atoms with Gasteiger partial charge in [0, 0.05) is 12.6 Å². The van der Waals surface area contributed by atoms with Crippen LogP contribution in [0.5, 0.6) is 5.75 Å². The van der Waals surface area contributed by atoms with Crippen LogP contribution in [-0.4, -0.2) is 66.0 Å². The van der Waals surface area contributed by atoms with Gasteiger partial charge >= 0.3 is 12.2 Å². The lowest BCUT2D eigenvalue weighted by Gasteiger charge is -2.28. The van der Waals surface area contributed by atoms with Gasteiger partial charge in [-0.2, -0.15) is 0 Å². The molecule has 38 heavy (non-hydrogen) atoms. The molecule has 0 bridgehead atoms. The van der Waals surface area contributed by atoms with Crippen molar-refractivity contribution in [3.05, 3.63) is 54.6 Å². The third-order valence-corrected chi connectivity index (χ3v) is 5.60. The van der Waals surface area contributed by atoms with E-state index in [2.05, 4.69) is 10.6 Å². The minimum Gasteiger partial charge on any atom is -0.491 e. The molecule has 0 saturated carbocycles. The smallest absolute Gasteiger partial charge is 0.410 e. The van der Waals surface area contributed by atoms with Crippen molar-refractivity contribution in [3.8, 4) is 16.9 Å². The predicted octanol–water partition coefficient (Wildman–Crippen LogP) is 4.75. The van der Waals surface area contributed by atoms with Crippen molar-refractivity contribution in [2.24, 2.45) is 0 Å². The van der Waals surface area contributed by atoms with E-state index in [1.54, 1.807) is 25.7 Å². The molecule has 1 aliphatic rings. The van der Waals surface area contributed by atoms with Gasteiger partial charge in [0.25, 0.3) is 0 Å². The highest BCUT2D eigenvalue weighted by molar-refractivity contribution is 5.82. The molecule has 9 nitrogen and oxygen atoms in total. The zero-order valence-corrected chi connectivity index (χ0v) is 23.1. The summed E-state index contributed by atoms with van der Waals surface area (Å²) in [6.07, 6.45) is -0.646. The Morgan fingerprint density at radius 3 is 2.08 bits per heavy atom. The topological polar surface area (TPSA) is 106 Å². The van der Waals surface area contributed by atoms with E-state index in [-0.39, 0.29) is 37.7 Å². The number of rotatable bonds is 7. The lowest BCUT2D eigenvalue weighted by molar-refractivity contribution is -0.120. The average Bonchev–Trinajstić information content (AvgIpc) is 3.23. The van der Waals surface area contributed by atoms with E-state index < -0.39 is 23.4 Å². The van der Waals surface area contributed by atoms with E-state index in [0.717, 1.165) is 11.1 Å². The zero-order valence-electron chi connectivity index (χ0n) is 23.1. The Labute approximate surface area is 224 Å². The molecule has 1 fully saturated rings. The molecular formula is C29H39N3O6. The minimum absolute atomic E-state index is 0.229. The van der Waals surface area contributed by atoms with Crippen LogP contribution < -0.4 is 15.4 Å². The van der Waals surface area contributed by atoms with Gasteiger partial charge in [0.15, 0.2) is 0 Å². The number of amides is 3. The molecule has 3 rings (SSSR count). The quantitative estimate of drug-likeness (QED) is 0.540. The SMILES string of the molecule is CC(C)(C)OC(=O)NCC(=O)N[C@@H]1C[C@@H](COc2ccc(-c3ccccc3)cc2)N(C(=O)OC(C)(C)C)C1. The first-order chi connectivity index (χ1) is 17.8. The number of ether oxygens (including phenoxy) is 3. The molecule has 0 aliphatic carbocycles. The summed E-state index contributed by atoms with van der Waals surface area (Å²) in [5.41, 5.74) is 0.881. The van der Waals surface area contributed by atoms with Gasteiger partial charge in [0.2, 0.25) is 5.91 Å². The van der Waals surface area contributed by atoms with Gasteiger partial charge in [-0.25, -0.2) is 9.59 Å². The van der Waals surface area contributed by atoms with Gasteiger partial charge in [-0.1, -0.05) is 42.5 Å². The first-order valence-electron chi connectivity index (χ1n) is 12.8. The predicted molar refractivity (Wildman–Crippen MR) is 145 cm³/mol. The van der Waals surface area contributed by atoms with Crippen molar-refractivity contribution in [1.29, 1.82) is 0 Å². The molecule has 2 aromatic rings. The Balaban J connectivity index is 1.59. The number of carbonyl (C=O) groups is 3. The molecule has 1 saturated heterocycles. The lowest BCUT2D eigenvalue weighted by Crippen LogP contribution is -2.45. The highest BCUT2D eigenvalue weighted by Gasteiger charge is 2.38. The third kappa shape index (κ3) is 9.28. The number of benzene rings is 2. The fourth-order valence-corrected chi connectivity index (χ4v) is 4.04. The molecule has 0 unspecified atom stereocenters. The van der Waals surface area contributed by atoms with Crippen molar-refractivity contribution in [2.75, 3.05) is 19.7 Å². The molecule has 2 aromatic carbocycles. The van der Waals surface area contributed by atoms with Gasteiger partial charge < -0.3 is 24.8 Å². The monoisotopic (exact) mass is 525 g/mol. The molecule has 2 atom stereocenters. The molecule has 206 valence electrons. The van der Waals surface area contributed by atoms with E-state index in [9.17, 15) is 14.4 Å². The van der Waals surface area contributed by atoms with E-state index in [4.69, 9.17) is 14.2 Å². The van der Waals surface area contributed by atoms with Crippen molar-refractivity contribution < 1.29 is 28.6 Å². The normalized spacial score (nSPS) is 17.5.